The Labute approximate surface area is 200 Å². The van der Waals surface area contributed by atoms with Gasteiger partial charge in [0.1, 0.15) is 23.7 Å². The molecule has 3 heterocycles. The van der Waals surface area contributed by atoms with Gasteiger partial charge < -0.3 is 25.7 Å². The number of nitrogens with one attached hydrogen (secondary N) is 1. The van der Waals surface area contributed by atoms with Crippen LogP contribution in [0.3, 0.4) is 0 Å². The summed E-state index contributed by atoms with van der Waals surface area (Å²) >= 11 is 1.94. The molecule has 1 saturated heterocycles. The van der Waals surface area contributed by atoms with Gasteiger partial charge in [-0.05, 0) is 13.8 Å². The highest BCUT2D eigenvalue weighted by Crippen LogP contribution is 2.41. The molecular formula is C18H20N6O8S2. The van der Waals surface area contributed by atoms with E-state index in [0.29, 0.717) is 0 Å². The van der Waals surface area contributed by atoms with E-state index in [-0.39, 0.29) is 34.6 Å². The first-order chi connectivity index (χ1) is 16.1. The minimum absolute atomic E-state index is 0.0182. The Morgan fingerprint density at radius 2 is 2.06 bits per heavy atom. The van der Waals surface area contributed by atoms with Gasteiger partial charge in [0.15, 0.2) is 17.0 Å². The average Bonchev–Trinajstić information content (AvgIpc) is 3.20. The molecule has 1 aromatic rings. The number of ketones is 1. The highest BCUT2D eigenvalue weighted by molar-refractivity contribution is 8.00. The van der Waals surface area contributed by atoms with Gasteiger partial charge in [0, 0.05) is 29.8 Å². The van der Waals surface area contributed by atoms with Crippen molar-refractivity contribution in [1.82, 2.24) is 19.6 Å². The molecule has 14 nitrogen and oxygen atoms in total. The third-order valence-electron chi connectivity index (χ3n) is 4.61. The molecule has 2 aliphatic heterocycles. The van der Waals surface area contributed by atoms with Crippen LogP contribution in [0.25, 0.3) is 0 Å². The fourth-order valence-corrected chi connectivity index (χ4v) is 5.07. The number of carbonyl (C=O) groups excluding carboxylic acids is 4. The second-order valence-electron chi connectivity index (χ2n) is 6.95. The number of carboxylic acid groups (broad SMARTS) is 1. The van der Waals surface area contributed by atoms with Crippen molar-refractivity contribution in [1.29, 1.82) is 0 Å². The summed E-state index contributed by atoms with van der Waals surface area (Å²) in [4.78, 5) is 70.9. The van der Waals surface area contributed by atoms with E-state index in [9.17, 15) is 29.1 Å². The van der Waals surface area contributed by atoms with Crippen LogP contribution in [-0.2, 0) is 33.5 Å². The summed E-state index contributed by atoms with van der Waals surface area (Å²) in [6.07, 6.45) is -1.44. The lowest BCUT2D eigenvalue weighted by Crippen LogP contribution is -2.71. The quantitative estimate of drug-likeness (QED) is 0.160. The normalized spacial score (nSPS) is 20.7. The Kier molecular flexibility index (Phi) is 7.51. The molecule has 182 valence electrons. The number of amides is 2. The molecule has 0 spiro atoms. The Morgan fingerprint density at radius 1 is 1.35 bits per heavy atom. The summed E-state index contributed by atoms with van der Waals surface area (Å²) in [6.45, 7) is 4.04. The molecule has 2 unspecified atom stereocenters. The summed E-state index contributed by atoms with van der Waals surface area (Å²) in [5.74, 6) is -4.51. The van der Waals surface area contributed by atoms with Crippen molar-refractivity contribution in [3.63, 3.8) is 0 Å². The Hall–Kier alpha value is -3.53. The fraction of sp³-hybridized carbons (Fsp3) is 0.444. The molecule has 0 aliphatic carbocycles. The minimum atomic E-state index is -1.47. The number of ether oxygens (including phenoxy) is 1. The molecule has 0 aromatic carbocycles. The molecule has 3 atom stereocenters. The number of Topliss-reactive ketones (excluding diaryl/α,β-unsaturated/α-hetero) is 1. The number of hydrogen-bond donors (Lipinski definition) is 3. The number of hydrogen-bond acceptors (Lipinski definition) is 13. The summed E-state index contributed by atoms with van der Waals surface area (Å²) in [7, 11) is 0. The molecule has 34 heavy (non-hydrogen) atoms. The molecule has 4 N–H and O–H groups in total. The minimum Gasteiger partial charge on any atom is -0.477 e. The van der Waals surface area contributed by atoms with Crippen molar-refractivity contribution >= 4 is 63.7 Å². The number of rotatable bonds is 9. The lowest BCUT2D eigenvalue weighted by Gasteiger charge is -2.49. The van der Waals surface area contributed by atoms with Crippen molar-refractivity contribution in [2.24, 2.45) is 5.16 Å². The molecule has 0 bridgehead atoms. The van der Waals surface area contributed by atoms with Crippen molar-refractivity contribution in [2.45, 2.75) is 38.3 Å². The Bertz CT molecular complexity index is 1120. The number of anilines is 1. The van der Waals surface area contributed by atoms with Crippen molar-refractivity contribution in [3.05, 3.63) is 17.1 Å². The summed E-state index contributed by atoms with van der Waals surface area (Å²) in [5.41, 5.74) is 4.78. The number of thioether (sulfide) groups is 1. The van der Waals surface area contributed by atoms with Crippen LogP contribution in [0, 0.1) is 0 Å². The molecule has 3 rings (SSSR count). The average molecular weight is 513 g/mol. The zero-order valence-electron chi connectivity index (χ0n) is 18.1. The van der Waals surface area contributed by atoms with Gasteiger partial charge in [0.25, 0.3) is 11.8 Å². The van der Waals surface area contributed by atoms with E-state index in [1.807, 2.05) is 0 Å². The number of β-lactam (4-membered cyclic amide) rings is 1. The van der Waals surface area contributed by atoms with Gasteiger partial charge in [-0.3, -0.25) is 24.1 Å². The van der Waals surface area contributed by atoms with Crippen LogP contribution in [0.4, 0.5) is 5.13 Å². The Balaban J connectivity index is 1.86. The van der Waals surface area contributed by atoms with Crippen LogP contribution in [0.5, 0.6) is 0 Å². The Morgan fingerprint density at radius 3 is 2.59 bits per heavy atom. The molecule has 1 fully saturated rings. The lowest BCUT2D eigenvalue weighted by molar-refractivity contribution is -0.152. The standard InChI is InChI=1S/C18H20N6O8S2/c1-4-31-22-9(13-21-18(19)34-23-13)14(27)20-10-15(28)24-11(17(29)30)8(5-33-16(10)24)12(6(2)25)32-7(3)26/h10,12,16H,4-5H2,1-3H3,(H,20,27)(H,29,30)(H2,19,21,23)/t10?,12?,16-/m0/s1. The smallest absolute Gasteiger partial charge is 0.352 e. The van der Waals surface area contributed by atoms with Crippen LogP contribution >= 0.6 is 23.3 Å². The molecule has 0 radical (unpaired) electrons. The maximum absolute atomic E-state index is 12.9. The monoisotopic (exact) mass is 512 g/mol. The number of nitrogen functional groups attached to an aromatic ring is 1. The van der Waals surface area contributed by atoms with E-state index in [0.717, 1.165) is 42.0 Å². The topological polar surface area (TPSA) is 203 Å². The number of carboxylic acids is 1. The number of nitrogens with zero attached hydrogens (tertiary/aromatic N) is 4. The van der Waals surface area contributed by atoms with Gasteiger partial charge in [-0.2, -0.15) is 9.36 Å². The lowest BCUT2D eigenvalue weighted by atomic mass is 9.98. The third kappa shape index (κ3) is 4.86. The number of oxime groups is 1. The molecule has 16 heteroatoms. The molecule has 2 amide bonds. The molecule has 2 aliphatic rings. The van der Waals surface area contributed by atoms with E-state index >= 15 is 0 Å². The summed E-state index contributed by atoms with van der Waals surface area (Å²) in [6, 6.07) is -1.10. The van der Waals surface area contributed by atoms with Gasteiger partial charge in [0.05, 0.1) is 0 Å². The van der Waals surface area contributed by atoms with Crippen LogP contribution in [0.2, 0.25) is 0 Å². The van der Waals surface area contributed by atoms with Crippen LogP contribution in [0.15, 0.2) is 16.4 Å². The predicted octanol–water partition coefficient (Wildman–Crippen LogP) is -0.880. The van der Waals surface area contributed by atoms with Gasteiger partial charge in [-0.25, -0.2) is 4.79 Å². The largest absolute Gasteiger partial charge is 0.477 e. The fourth-order valence-electron chi connectivity index (χ4n) is 3.26. The molecule has 1 aromatic heterocycles. The summed E-state index contributed by atoms with van der Waals surface area (Å²) < 4.78 is 8.92. The van der Waals surface area contributed by atoms with Crippen molar-refractivity contribution < 1.29 is 38.7 Å². The van der Waals surface area contributed by atoms with Crippen molar-refractivity contribution in [2.75, 3.05) is 18.1 Å². The van der Waals surface area contributed by atoms with E-state index in [2.05, 4.69) is 19.8 Å². The predicted molar refractivity (Wildman–Crippen MR) is 118 cm³/mol. The van der Waals surface area contributed by atoms with Gasteiger partial charge in [-0.15, -0.1) is 11.8 Å². The SMILES string of the molecule is CCON=C(C(=O)NC1C(=O)N2C(C(=O)O)=C(C(OC(C)=O)C(C)=O)CS[C@@H]12)c1nsc(N)n1. The zero-order chi connectivity index (χ0) is 25.2. The third-order valence-corrected chi connectivity index (χ3v) is 6.45. The van der Waals surface area contributed by atoms with Gasteiger partial charge >= 0.3 is 11.9 Å². The summed E-state index contributed by atoms with van der Waals surface area (Å²) in [5, 5.41) is 15.3. The van der Waals surface area contributed by atoms with Crippen LogP contribution in [0.1, 0.15) is 26.6 Å². The number of aromatic nitrogens is 2. The van der Waals surface area contributed by atoms with E-state index in [1.165, 1.54) is 0 Å². The first-order valence-electron chi connectivity index (χ1n) is 9.75. The number of nitrogens with two attached hydrogens (primary N) is 1. The molecular weight excluding hydrogens is 492 g/mol. The van der Waals surface area contributed by atoms with E-state index in [1.54, 1.807) is 6.92 Å². The van der Waals surface area contributed by atoms with Crippen LogP contribution < -0.4 is 11.1 Å². The molecule has 0 saturated carbocycles. The first kappa shape index (κ1) is 25.1. The highest BCUT2D eigenvalue weighted by Gasteiger charge is 2.55. The zero-order valence-corrected chi connectivity index (χ0v) is 19.8. The highest BCUT2D eigenvalue weighted by atomic mass is 32.2. The number of fused-ring (bicyclic) bond motifs is 1. The number of esters is 1. The van der Waals surface area contributed by atoms with Crippen molar-refractivity contribution in [3.8, 4) is 0 Å². The van der Waals surface area contributed by atoms with Crippen LogP contribution in [-0.4, -0.2) is 84.5 Å². The second kappa shape index (κ2) is 10.2. The van der Waals surface area contributed by atoms with E-state index < -0.39 is 52.8 Å². The van der Waals surface area contributed by atoms with E-state index in [4.69, 9.17) is 15.3 Å². The number of carbonyl (C=O) groups is 5. The maximum Gasteiger partial charge on any atom is 0.352 e. The number of aliphatic carboxylic acids is 1. The van der Waals surface area contributed by atoms with Gasteiger partial charge in [-0.1, -0.05) is 5.16 Å². The first-order valence-corrected chi connectivity index (χ1v) is 11.6. The van der Waals surface area contributed by atoms with Gasteiger partial charge in [0.2, 0.25) is 11.5 Å². The second-order valence-corrected chi connectivity index (χ2v) is 8.84. The maximum atomic E-state index is 12.9.